The van der Waals surface area contributed by atoms with Gasteiger partial charge in [-0.05, 0) is 128 Å². The number of allylic oxidation sites excluding steroid dienone is 24. The van der Waals surface area contributed by atoms with E-state index in [1.165, 1.54) is 38.5 Å². The average Bonchev–Trinajstić information content (AvgIpc) is 1.04. The fraction of sp³-hybridized carbons (Fsp3) is 0.620. The standard InChI is InChI=1S/C79H128O17P2/c1-5-9-13-17-21-25-29-33-36-40-43-47-51-55-59-63-76(81)89-69-74(95-78(83)65-61-57-53-49-45-39-32-28-24-20-16-12-8-4)71-93-97(85,86)91-67-73(80)68-92-98(87,88)94-72-75(96-79(84)66-62-58-54-50-46-42-38-35-31-27-23-19-15-11-7-3)70-90-77(82)64-60-56-52-48-44-41-37-34-30-26-22-18-14-10-6-2/h10-11,14-16,20,22-23,26-28,32-38,44,46,48,50,56,58,60,62,73-75,80H,5-9,12-13,17-19,21,24-25,29-31,39-43,45,47,49,51-55,57,59,61,63-72H2,1-4H3,(H,85,86)(H,87,88)/b14-10-,15-11-,20-16-,26-22-,27-23-,32-28-,36-33-,37-34-,38-35-,48-44-,50-46-,60-56-,62-58-. The normalized spacial score (nSPS) is 14.9. The van der Waals surface area contributed by atoms with Crippen molar-refractivity contribution in [2.75, 3.05) is 39.6 Å². The molecule has 0 amide bonds. The topological polar surface area (TPSA) is 237 Å². The molecule has 19 heteroatoms. The summed E-state index contributed by atoms with van der Waals surface area (Å²) in [5.74, 6) is -2.51. The first kappa shape index (κ1) is 92.7. The van der Waals surface area contributed by atoms with Crippen molar-refractivity contribution < 1.29 is 80.2 Å². The molecule has 0 aromatic carbocycles. The van der Waals surface area contributed by atoms with Crippen LogP contribution in [0.25, 0.3) is 0 Å². The highest BCUT2D eigenvalue weighted by atomic mass is 31.2. The summed E-state index contributed by atoms with van der Waals surface area (Å²) in [4.78, 5) is 72.6. The van der Waals surface area contributed by atoms with E-state index in [9.17, 15) is 43.2 Å². The first-order chi connectivity index (χ1) is 47.7. The largest absolute Gasteiger partial charge is 0.472 e. The Bertz CT molecular complexity index is 2480. The molecule has 0 aliphatic rings. The second kappa shape index (κ2) is 70.1. The molecule has 98 heavy (non-hydrogen) atoms. The Morgan fingerprint density at radius 2 is 0.602 bits per heavy atom. The Morgan fingerprint density at radius 1 is 0.306 bits per heavy atom. The second-order valence-corrected chi connectivity index (χ2v) is 26.7. The lowest BCUT2D eigenvalue weighted by Gasteiger charge is -2.21. The molecule has 0 aliphatic heterocycles. The van der Waals surface area contributed by atoms with E-state index in [0.29, 0.717) is 25.7 Å². The molecule has 5 unspecified atom stereocenters. The quantitative estimate of drug-likeness (QED) is 0.0169. The zero-order valence-electron chi connectivity index (χ0n) is 60.4. The van der Waals surface area contributed by atoms with Gasteiger partial charge in [-0.1, -0.05) is 263 Å². The van der Waals surface area contributed by atoms with Crippen molar-refractivity contribution in [3.8, 4) is 0 Å². The summed E-state index contributed by atoms with van der Waals surface area (Å²) in [6.45, 7) is 4.28. The Balaban J connectivity index is 5.51. The van der Waals surface area contributed by atoms with Crippen LogP contribution in [0, 0.1) is 0 Å². The Morgan fingerprint density at radius 3 is 1.00 bits per heavy atom. The van der Waals surface area contributed by atoms with Crippen molar-refractivity contribution >= 4 is 39.5 Å². The molecule has 3 N–H and O–H groups in total. The average molecular weight is 1410 g/mol. The number of carbonyl (C=O) groups excluding carboxylic acids is 4. The number of unbranched alkanes of at least 4 members (excludes halogenated alkanes) is 17. The van der Waals surface area contributed by atoms with E-state index in [0.717, 1.165) is 141 Å². The van der Waals surface area contributed by atoms with E-state index in [1.807, 2.05) is 30.4 Å². The van der Waals surface area contributed by atoms with Crippen molar-refractivity contribution in [2.45, 2.75) is 277 Å². The monoisotopic (exact) mass is 1410 g/mol. The number of esters is 4. The lowest BCUT2D eigenvalue weighted by Crippen LogP contribution is -2.30. The molecule has 0 aromatic rings. The summed E-state index contributed by atoms with van der Waals surface area (Å²) >= 11 is 0. The molecule has 0 saturated heterocycles. The molecule has 556 valence electrons. The number of hydrogen-bond donors (Lipinski definition) is 3. The minimum absolute atomic E-state index is 0.0682. The van der Waals surface area contributed by atoms with Crippen LogP contribution < -0.4 is 0 Å². The van der Waals surface area contributed by atoms with Gasteiger partial charge in [-0.2, -0.15) is 0 Å². The van der Waals surface area contributed by atoms with Gasteiger partial charge in [0.2, 0.25) is 0 Å². The van der Waals surface area contributed by atoms with Gasteiger partial charge in [0, 0.05) is 12.8 Å². The van der Waals surface area contributed by atoms with E-state index in [-0.39, 0.29) is 25.7 Å². The SMILES string of the molecule is CC/C=C\C/C=C\C/C=C\C/C=C\C/C=C\CC(=O)OCC(COP(=O)(O)OCC(O)COP(=O)(O)OCC(COC(=O)CCCCCCC/C=C\CCCCCCCC)OC(=O)CCCCCCC/C=C\C/C=C\CCC)OC(=O)C/C=C\C/C=C\C/C=C\C/C=C\C/C=C\CC. The van der Waals surface area contributed by atoms with Crippen LogP contribution in [0.5, 0.6) is 0 Å². The molecule has 0 radical (unpaired) electrons. The summed E-state index contributed by atoms with van der Waals surface area (Å²) in [5.41, 5.74) is 0. The van der Waals surface area contributed by atoms with Gasteiger partial charge in [-0.15, -0.1) is 0 Å². The first-order valence-corrected chi connectivity index (χ1v) is 39.7. The molecule has 5 atom stereocenters. The summed E-state index contributed by atoms with van der Waals surface area (Å²) in [5, 5.41) is 10.6. The molecule has 0 saturated carbocycles. The van der Waals surface area contributed by atoms with Crippen LogP contribution in [-0.2, 0) is 65.4 Å². The molecular formula is C79H128O17P2. The summed E-state index contributed by atoms with van der Waals surface area (Å²) in [6.07, 6.45) is 80.3. The van der Waals surface area contributed by atoms with Crippen LogP contribution in [0.2, 0.25) is 0 Å². The number of phosphoric acid groups is 2. The fourth-order valence-corrected chi connectivity index (χ4v) is 10.6. The lowest BCUT2D eigenvalue weighted by molar-refractivity contribution is -0.161. The van der Waals surface area contributed by atoms with E-state index < -0.39 is 97.5 Å². The number of phosphoric ester groups is 2. The zero-order valence-corrected chi connectivity index (χ0v) is 62.2. The number of ether oxygens (including phenoxy) is 4. The van der Waals surface area contributed by atoms with Crippen molar-refractivity contribution in [2.24, 2.45) is 0 Å². The Kier molecular flexibility index (Phi) is 66.3. The molecule has 0 fully saturated rings. The van der Waals surface area contributed by atoms with E-state index in [2.05, 4.69) is 137 Å². The third-order valence-corrected chi connectivity index (χ3v) is 16.4. The van der Waals surface area contributed by atoms with Crippen LogP contribution >= 0.6 is 15.6 Å². The summed E-state index contributed by atoms with van der Waals surface area (Å²) in [7, 11) is -10.0. The van der Waals surface area contributed by atoms with Crippen LogP contribution in [0.4, 0.5) is 0 Å². The highest BCUT2D eigenvalue weighted by Gasteiger charge is 2.30. The lowest BCUT2D eigenvalue weighted by atomic mass is 10.1. The van der Waals surface area contributed by atoms with Crippen LogP contribution in [0.3, 0.4) is 0 Å². The van der Waals surface area contributed by atoms with E-state index in [1.54, 1.807) is 18.2 Å². The molecule has 0 rings (SSSR count). The minimum atomic E-state index is -5.02. The van der Waals surface area contributed by atoms with Gasteiger partial charge in [0.05, 0.1) is 39.3 Å². The van der Waals surface area contributed by atoms with Gasteiger partial charge in [0.25, 0.3) is 0 Å². The van der Waals surface area contributed by atoms with Gasteiger partial charge in [0.1, 0.15) is 19.3 Å². The number of hydrogen-bond acceptors (Lipinski definition) is 15. The van der Waals surface area contributed by atoms with Gasteiger partial charge in [-0.25, -0.2) is 9.13 Å². The predicted molar refractivity (Wildman–Crippen MR) is 399 cm³/mol. The molecule has 0 aromatic heterocycles. The van der Waals surface area contributed by atoms with Gasteiger partial charge < -0.3 is 33.8 Å². The zero-order chi connectivity index (χ0) is 71.8. The highest BCUT2D eigenvalue weighted by Crippen LogP contribution is 2.45. The predicted octanol–water partition coefficient (Wildman–Crippen LogP) is 20.9. The third kappa shape index (κ3) is 69.2. The smallest absolute Gasteiger partial charge is 0.462 e. The third-order valence-electron chi connectivity index (χ3n) is 14.5. The molecule has 0 aliphatic carbocycles. The number of rotatable bonds is 67. The van der Waals surface area contributed by atoms with Crippen molar-refractivity contribution in [3.05, 3.63) is 158 Å². The molecule has 0 bridgehead atoms. The van der Waals surface area contributed by atoms with Crippen LogP contribution in [0.15, 0.2) is 158 Å². The van der Waals surface area contributed by atoms with E-state index >= 15 is 0 Å². The number of carbonyl (C=O) groups is 4. The maximum atomic E-state index is 13.1. The summed E-state index contributed by atoms with van der Waals surface area (Å²) in [6, 6.07) is 0. The second-order valence-electron chi connectivity index (χ2n) is 23.8. The molecular weight excluding hydrogens is 1280 g/mol. The molecule has 0 heterocycles. The van der Waals surface area contributed by atoms with Gasteiger partial charge >= 0.3 is 39.5 Å². The van der Waals surface area contributed by atoms with Crippen LogP contribution in [-0.4, -0.2) is 96.7 Å². The van der Waals surface area contributed by atoms with Gasteiger partial charge in [-0.3, -0.25) is 37.3 Å². The number of aliphatic hydroxyl groups excluding tert-OH is 1. The van der Waals surface area contributed by atoms with Crippen molar-refractivity contribution in [1.29, 1.82) is 0 Å². The Hall–Kier alpha value is -5.32. The van der Waals surface area contributed by atoms with Crippen LogP contribution in [0.1, 0.15) is 259 Å². The fourth-order valence-electron chi connectivity index (χ4n) is 8.99. The maximum Gasteiger partial charge on any atom is 0.472 e. The first-order valence-electron chi connectivity index (χ1n) is 36.7. The van der Waals surface area contributed by atoms with Crippen molar-refractivity contribution in [3.63, 3.8) is 0 Å². The Labute approximate surface area is 591 Å². The summed E-state index contributed by atoms with van der Waals surface area (Å²) < 4.78 is 68.1. The van der Waals surface area contributed by atoms with Crippen molar-refractivity contribution in [1.82, 2.24) is 0 Å². The minimum Gasteiger partial charge on any atom is -0.462 e. The highest BCUT2D eigenvalue weighted by molar-refractivity contribution is 7.47. The maximum absolute atomic E-state index is 13.1. The molecule has 0 spiro atoms. The van der Waals surface area contributed by atoms with E-state index in [4.69, 9.17) is 37.0 Å². The van der Waals surface area contributed by atoms with Gasteiger partial charge in [0.15, 0.2) is 12.2 Å². The number of aliphatic hydroxyl groups is 1. The molecule has 17 nitrogen and oxygen atoms in total.